The summed E-state index contributed by atoms with van der Waals surface area (Å²) in [5.74, 6) is 0.250. The van der Waals surface area contributed by atoms with Crippen molar-refractivity contribution >= 4 is 17.4 Å². The third-order valence-corrected chi connectivity index (χ3v) is 6.61. The lowest BCUT2D eigenvalue weighted by Gasteiger charge is -2.26. The van der Waals surface area contributed by atoms with Crippen LogP contribution in [0.3, 0.4) is 0 Å². The van der Waals surface area contributed by atoms with Crippen LogP contribution in [0.25, 0.3) is 5.76 Å². The number of para-hydroxylation sites is 1. The number of carbonyl (C=O) groups is 2. The second-order valence-corrected chi connectivity index (χ2v) is 9.29. The third-order valence-electron chi connectivity index (χ3n) is 6.61. The van der Waals surface area contributed by atoms with Crippen molar-refractivity contribution in [3.05, 3.63) is 120 Å². The topological polar surface area (TPSA) is 98.2 Å². The quantitative estimate of drug-likeness (QED) is 0.141. The minimum Gasteiger partial charge on any atom is -0.507 e. The van der Waals surface area contributed by atoms with E-state index in [0.717, 1.165) is 5.56 Å². The van der Waals surface area contributed by atoms with E-state index in [-0.39, 0.29) is 17.9 Å². The summed E-state index contributed by atoms with van der Waals surface area (Å²) in [6, 6.07) is 24.2. The van der Waals surface area contributed by atoms with E-state index in [2.05, 4.69) is 4.98 Å². The number of ketones is 1. The Balaban J connectivity index is 1.64. The van der Waals surface area contributed by atoms with Gasteiger partial charge in [-0.05, 0) is 73.5 Å². The Morgan fingerprint density at radius 3 is 2.29 bits per heavy atom. The van der Waals surface area contributed by atoms with Crippen molar-refractivity contribution in [1.82, 2.24) is 9.88 Å². The number of ether oxygens (including phenoxy) is 3. The van der Waals surface area contributed by atoms with Gasteiger partial charge in [-0.1, -0.05) is 30.3 Å². The number of carbonyl (C=O) groups excluding carboxylic acids is 2. The molecule has 8 nitrogen and oxygen atoms in total. The average Bonchev–Trinajstić information content (AvgIpc) is 3.23. The van der Waals surface area contributed by atoms with Crippen LogP contribution in [0.2, 0.25) is 0 Å². The molecule has 0 bridgehead atoms. The largest absolute Gasteiger partial charge is 0.507 e. The minimum atomic E-state index is -0.886. The van der Waals surface area contributed by atoms with Crippen LogP contribution < -0.4 is 14.2 Å². The molecule has 1 atom stereocenters. The first kappa shape index (κ1) is 27.5. The Bertz CT molecular complexity index is 1570. The summed E-state index contributed by atoms with van der Waals surface area (Å²) in [6.45, 7) is 4.62. The molecule has 0 radical (unpaired) electrons. The van der Waals surface area contributed by atoms with Gasteiger partial charge in [-0.15, -0.1) is 0 Å². The maximum atomic E-state index is 13.6. The first-order chi connectivity index (χ1) is 20.0. The van der Waals surface area contributed by atoms with Gasteiger partial charge in [0.05, 0.1) is 30.4 Å². The number of aromatic nitrogens is 1. The van der Waals surface area contributed by atoms with Crippen molar-refractivity contribution in [3.63, 3.8) is 0 Å². The average molecular weight is 551 g/mol. The van der Waals surface area contributed by atoms with Crippen LogP contribution in [-0.4, -0.2) is 39.9 Å². The fraction of sp³-hybridized carbons (Fsp3) is 0.182. The van der Waals surface area contributed by atoms with Crippen molar-refractivity contribution in [2.45, 2.75) is 26.4 Å². The van der Waals surface area contributed by atoms with Gasteiger partial charge in [0.1, 0.15) is 28.8 Å². The predicted octanol–water partition coefficient (Wildman–Crippen LogP) is 6.29. The van der Waals surface area contributed by atoms with E-state index in [9.17, 15) is 14.7 Å². The monoisotopic (exact) mass is 550 g/mol. The van der Waals surface area contributed by atoms with E-state index in [4.69, 9.17) is 14.2 Å². The first-order valence-electron chi connectivity index (χ1n) is 13.4. The van der Waals surface area contributed by atoms with Gasteiger partial charge < -0.3 is 24.2 Å². The predicted molar refractivity (Wildman–Crippen MR) is 154 cm³/mol. The van der Waals surface area contributed by atoms with Gasteiger partial charge in [0.25, 0.3) is 11.7 Å². The number of rotatable bonds is 10. The highest BCUT2D eigenvalue weighted by molar-refractivity contribution is 6.46. The van der Waals surface area contributed by atoms with Gasteiger partial charge in [0.2, 0.25) is 0 Å². The maximum Gasteiger partial charge on any atom is 0.295 e. The zero-order valence-electron chi connectivity index (χ0n) is 22.8. The smallest absolute Gasteiger partial charge is 0.295 e. The number of pyridine rings is 1. The molecule has 0 spiro atoms. The Morgan fingerprint density at radius 2 is 1.56 bits per heavy atom. The van der Waals surface area contributed by atoms with E-state index in [1.54, 1.807) is 60.9 Å². The number of amides is 1. The normalized spacial score (nSPS) is 16.0. The molecule has 1 aromatic heterocycles. The van der Waals surface area contributed by atoms with Crippen molar-refractivity contribution in [3.8, 4) is 23.0 Å². The number of likely N-dealkylation sites (tertiary alicyclic amines) is 1. The molecule has 1 unspecified atom stereocenters. The molecule has 1 N–H and O–H groups in total. The lowest BCUT2D eigenvalue weighted by atomic mass is 9.94. The summed E-state index contributed by atoms with van der Waals surface area (Å²) in [6.07, 6.45) is 3.26. The van der Waals surface area contributed by atoms with Crippen LogP contribution in [0.15, 0.2) is 103 Å². The lowest BCUT2D eigenvalue weighted by Crippen LogP contribution is -2.29. The van der Waals surface area contributed by atoms with Crippen molar-refractivity contribution in [2.24, 2.45) is 0 Å². The Kier molecular flexibility index (Phi) is 8.29. The van der Waals surface area contributed by atoms with Gasteiger partial charge in [-0.2, -0.15) is 0 Å². The lowest BCUT2D eigenvalue weighted by molar-refractivity contribution is -0.140. The van der Waals surface area contributed by atoms with E-state index < -0.39 is 17.7 Å². The Morgan fingerprint density at radius 1 is 0.829 bits per heavy atom. The number of Topliss-reactive ketones (excluding diaryl/α,β-unsaturated/α-hetero) is 1. The number of nitrogens with zero attached hydrogens (tertiary/aromatic N) is 2. The first-order valence-corrected chi connectivity index (χ1v) is 13.4. The molecule has 5 rings (SSSR count). The molecule has 4 aromatic rings. The molecule has 0 saturated carbocycles. The number of hydrogen-bond acceptors (Lipinski definition) is 7. The standard InChI is InChI=1S/C33H30N2O6/c1-3-39-25-13-14-27(28(20-25)40-4-2)31(36)29-30(35(33(38)32(29)37)21-22-15-17-34-18-16-22)23-9-8-12-26(19-23)41-24-10-6-5-7-11-24/h5-20,30,36H,3-4,21H2,1-2H3/b31-29+. The van der Waals surface area contributed by atoms with Gasteiger partial charge in [0.15, 0.2) is 0 Å². The van der Waals surface area contributed by atoms with E-state index in [0.29, 0.717) is 47.3 Å². The number of hydrogen-bond donors (Lipinski definition) is 1. The van der Waals surface area contributed by atoms with E-state index in [1.807, 2.05) is 50.2 Å². The van der Waals surface area contributed by atoms with Crippen LogP contribution in [-0.2, 0) is 16.1 Å². The number of aliphatic hydroxyl groups is 1. The van der Waals surface area contributed by atoms with Crippen LogP contribution >= 0.6 is 0 Å². The summed E-state index contributed by atoms with van der Waals surface area (Å²) in [5, 5.41) is 11.7. The summed E-state index contributed by atoms with van der Waals surface area (Å²) < 4.78 is 17.5. The fourth-order valence-electron chi connectivity index (χ4n) is 4.82. The van der Waals surface area contributed by atoms with E-state index in [1.165, 1.54) is 4.90 Å². The Labute approximate surface area is 238 Å². The molecule has 8 heteroatoms. The second-order valence-electron chi connectivity index (χ2n) is 9.29. The molecule has 1 saturated heterocycles. The SMILES string of the molecule is CCOc1ccc(/C(O)=C2\C(=O)C(=O)N(Cc3ccncc3)C2c2cccc(Oc3ccccc3)c2)c(OCC)c1. The fourth-order valence-corrected chi connectivity index (χ4v) is 4.82. The van der Waals surface area contributed by atoms with Crippen molar-refractivity contribution in [2.75, 3.05) is 13.2 Å². The van der Waals surface area contributed by atoms with E-state index >= 15 is 0 Å². The van der Waals surface area contributed by atoms with Crippen LogP contribution in [0, 0.1) is 0 Å². The highest BCUT2D eigenvalue weighted by Crippen LogP contribution is 2.43. The van der Waals surface area contributed by atoms with Crippen molar-refractivity contribution in [1.29, 1.82) is 0 Å². The minimum absolute atomic E-state index is 0.0361. The third kappa shape index (κ3) is 5.91. The maximum absolute atomic E-state index is 13.6. The molecule has 1 aliphatic heterocycles. The van der Waals surface area contributed by atoms with Crippen LogP contribution in [0.1, 0.15) is 36.6 Å². The van der Waals surface area contributed by atoms with Crippen LogP contribution in [0.5, 0.6) is 23.0 Å². The molecule has 1 amide bonds. The van der Waals surface area contributed by atoms with Gasteiger partial charge in [0, 0.05) is 25.0 Å². The van der Waals surface area contributed by atoms with Gasteiger partial charge >= 0.3 is 0 Å². The van der Waals surface area contributed by atoms with Gasteiger partial charge in [-0.25, -0.2) is 0 Å². The zero-order chi connectivity index (χ0) is 28.8. The molecular weight excluding hydrogens is 520 g/mol. The summed E-state index contributed by atoms with van der Waals surface area (Å²) in [4.78, 5) is 32.6. The number of benzene rings is 3. The Hall–Kier alpha value is -5.11. The summed E-state index contributed by atoms with van der Waals surface area (Å²) in [7, 11) is 0. The highest BCUT2D eigenvalue weighted by atomic mass is 16.5. The second kappa shape index (κ2) is 12.4. The molecular formula is C33H30N2O6. The van der Waals surface area contributed by atoms with Crippen molar-refractivity contribution < 1.29 is 28.9 Å². The molecule has 1 aliphatic rings. The highest BCUT2D eigenvalue weighted by Gasteiger charge is 2.46. The van der Waals surface area contributed by atoms with Crippen LogP contribution in [0.4, 0.5) is 0 Å². The molecule has 1 fully saturated rings. The molecule has 0 aliphatic carbocycles. The summed E-state index contributed by atoms with van der Waals surface area (Å²) >= 11 is 0. The zero-order valence-corrected chi connectivity index (χ0v) is 22.8. The molecule has 41 heavy (non-hydrogen) atoms. The molecule has 3 aromatic carbocycles. The molecule has 2 heterocycles. The number of aliphatic hydroxyl groups excluding tert-OH is 1. The molecule has 208 valence electrons. The summed E-state index contributed by atoms with van der Waals surface area (Å²) in [5.41, 5.74) is 1.65. The van der Waals surface area contributed by atoms with Gasteiger partial charge in [-0.3, -0.25) is 14.6 Å².